The number of carbonyl (C=O) groups excluding carboxylic acids is 3. The van der Waals surface area contributed by atoms with Gasteiger partial charge in [0.15, 0.2) is 11.9 Å². The van der Waals surface area contributed by atoms with Crippen molar-refractivity contribution in [3.8, 4) is 0 Å². The monoisotopic (exact) mass is 770 g/mol. The van der Waals surface area contributed by atoms with E-state index >= 15 is 0 Å². The van der Waals surface area contributed by atoms with E-state index in [1.54, 1.807) is 6.08 Å². The number of rotatable bonds is 36. The molecule has 0 saturated heterocycles. The number of hydrogen-bond acceptors (Lipinski definition) is 10. The minimum Gasteiger partial charge on any atom is -0.462 e. The molecule has 53 heavy (non-hydrogen) atoms. The summed E-state index contributed by atoms with van der Waals surface area (Å²) in [5, 5.41) is 18.3. The molecule has 0 amide bonds. The zero-order valence-electron chi connectivity index (χ0n) is 32.9. The molecule has 0 spiro atoms. The van der Waals surface area contributed by atoms with Gasteiger partial charge in [0.1, 0.15) is 12.7 Å². The Hall–Kier alpha value is -2.40. The van der Waals surface area contributed by atoms with Crippen molar-refractivity contribution in [3.63, 3.8) is 0 Å². The first-order chi connectivity index (χ1) is 25.5. The fraction of sp³-hybridized carbons (Fsp3) is 0.732. The lowest BCUT2D eigenvalue weighted by atomic mass is 9.99. The van der Waals surface area contributed by atoms with Gasteiger partial charge in [-0.05, 0) is 50.5 Å². The van der Waals surface area contributed by atoms with Gasteiger partial charge in [0.05, 0.1) is 19.8 Å². The minimum absolute atomic E-state index is 0.0483. The van der Waals surface area contributed by atoms with Crippen molar-refractivity contribution in [1.29, 1.82) is 0 Å². The molecule has 0 heterocycles. The number of esters is 2. The highest BCUT2D eigenvalue weighted by atomic mass is 31.2. The molecule has 0 fully saturated rings. The number of hydrogen-bond donors (Lipinski definition) is 3. The summed E-state index contributed by atoms with van der Waals surface area (Å²) in [6.45, 7) is 4.35. The van der Waals surface area contributed by atoms with Crippen molar-refractivity contribution < 1.29 is 52.6 Å². The molecule has 0 aliphatic heterocycles. The molecule has 0 rings (SSSR count). The number of unbranched alkanes of at least 4 members (excludes halogenated alkanes) is 10. The van der Waals surface area contributed by atoms with E-state index in [1.807, 2.05) is 12.2 Å². The highest BCUT2D eigenvalue weighted by Gasteiger charge is 2.27. The van der Waals surface area contributed by atoms with Crippen molar-refractivity contribution >= 4 is 25.5 Å². The van der Waals surface area contributed by atoms with Gasteiger partial charge < -0.3 is 24.6 Å². The summed E-state index contributed by atoms with van der Waals surface area (Å²) >= 11 is 0. The van der Waals surface area contributed by atoms with Gasteiger partial charge in [0.25, 0.3) is 0 Å². The van der Waals surface area contributed by atoms with E-state index in [9.17, 15) is 28.9 Å². The van der Waals surface area contributed by atoms with Gasteiger partial charge in [0.2, 0.25) is 0 Å². The van der Waals surface area contributed by atoms with Crippen LogP contribution in [0.3, 0.4) is 0 Å². The molecule has 306 valence electrons. The van der Waals surface area contributed by atoms with E-state index < -0.39 is 58.4 Å². The van der Waals surface area contributed by atoms with Crippen LogP contribution in [0.2, 0.25) is 0 Å². The maximum absolute atomic E-state index is 12.5. The van der Waals surface area contributed by atoms with Crippen LogP contribution in [0, 0.1) is 5.92 Å². The van der Waals surface area contributed by atoms with E-state index in [0.717, 1.165) is 44.4 Å². The summed E-state index contributed by atoms with van der Waals surface area (Å²) in [6.07, 6.45) is 31.0. The quantitative estimate of drug-likeness (QED) is 0.0139. The van der Waals surface area contributed by atoms with Gasteiger partial charge in [-0.1, -0.05) is 134 Å². The molecule has 3 N–H and O–H groups in total. The Morgan fingerprint density at radius 3 is 2.00 bits per heavy atom. The van der Waals surface area contributed by atoms with Crippen LogP contribution in [0.4, 0.5) is 0 Å². The molecular formula is C41H71O11P. The topological polar surface area (TPSA) is 166 Å². The lowest BCUT2D eigenvalue weighted by Crippen LogP contribution is -2.29. The normalized spacial score (nSPS) is 15.0. The number of ketones is 1. The molecule has 4 atom stereocenters. The average Bonchev–Trinajstić information content (AvgIpc) is 3.14. The Kier molecular flexibility index (Phi) is 33.7. The molecule has 0 aromatic rings. The highest BCUT2D eigenvalue weighted by Crippen LogP contribution is 2.43. The number of allylic oxidation sites excluding steroid dienone is 8. The maximum atomic E-state index is 12.5. The van der Waals surface area contributed by atoms with Crippen LogP contribution in [0.15, 0.2) is 48.6 Å². The Bertz CT molecular complexity index is 1100. The summed E-state index contributed by atoms with van der Waals surface area (Å²) in [5.74, 6) is -0.524. The summed E-state index contributed by atoms with van der Waals surface area (Å²) in [5.41, 5.74) is 0. The minimum atomic E-state index is -4.67. The van der Waals surface area contributed by atoms with E-state index in [2.05, 4.69) is 49.6 Å². The molecule has 0 bridgehead atoms. The summed E-state index contributed by atoms with van der Waals surface area (Å²) in [4.78, 5) is 47.0. The van der Waals surface area contributed by atoms with Gasteiger partial charge in [-0.3, -0.25) is 23.4 Å². The molecule has 0 saturated carbocycles. The molecule has 0 aliphatic rings. The molecule has 0 aromatic carbocycles. The lowest BCUT2D eigenvalue weighted by Gasteiger charge is -2.20. The third-order valence-electron chi connectivity index (χ3n) is 8.50. The van der Waals surface area contributed by atoms with E-state index in [-0.39, 0.29) is 31.5 Å². The Morgan fingerprint density at radius 1 is 0.698 bits per heavy atom. The SMILES string of the molecule is CCCCC/C=C\C/C=C\C/C=C\C=C\C(=O)CCCC(=O)OC[C@H](COP(=O)(O)OC[C@@H](O)CO)OC(=O)CCCCCCCCCCC(C)CC. The van der Waals surface area contributed by atoms with Crippen LogP contribution in [-0.2, 0) is 37.5 Å². The standard InChI is InChI=1S/C41H71O11P/c1-4-6-7-8-9-10-11-12-13-14-18-21-24-28-37(43)29-26-31-40(45)49-34-39(35-51-53(47,48)50-33-38(44)32-42)52-41(46)30-25-22-19-16-15-17-20-23-27-36(3)5-2/h9-10,12-13,18,21,24,28,36,38-39,42,44H,4-8,11,14-17,19-20,22-23,25-27,29-35H2,1-3H3,(H,47,48)/b10-9-,13-12-,21-18-,28-24+/t36?,38-,39+/m0/s1. The molecular weight excluding hydrogens is 699 g/mol. The van der Waals surface area contributed by atoms with Crippen LogP contribution in [0.5, 0.6) is 0 Å². The van der Waals surface area contributed by atoms with E-state index in [4.69, 9.17) is 19.1 Å². The van der Waals surface area contributed by atoms with Gasteiger partial charge >= 0.3 is 19.8 Å². The average molecular weight is 771 g/mol. The number of carbonyl (C=O) groups is 3. The number of aliphatic hydroxyl groups excluding tert-OH is 2. The van der Waals surface area contributed by atoms with Crippen molar-refractivity contribution in [1.82, 2.24) is 0 Å². The predicted molar refractivity (Wildman–Crippen MR) is 210 cm³/mol. The molecule has 0 radical (unpaired) electrons. The molecule has 0 aromatic heterocycles. The number of phosphoric ester groups is 1. The third-order valence-corrected chi connectivity index (χ3v) is 9.45. The largest absolute Gasteiger partial charge is 0.472 e. The van der Waals surface area contributed by atoms with Crippen LogP contribution >= 0.6 is 7.82 Å². The number of ether oxygens (including phenoxy) is 2. The zero-order chi connectivity index (χ0) is 39.4. The number of phosphoric acid groups is 1. The van der Waals surface area contributed by atoms with Gasteiger partial charge in [-0.15, -0.1) is 0 Å². The van der Waals surface area contributed by atoms with Crippen molar-refractivity contribution in [2.75, 3.05) is 26.4 Å². The van der Waals surface area contributed by atoms with Gasteiger partial charge in [-0.25, -0.2) is 4.57 Å². The van der Waals surface area contributed by atoms with Crippen LogP contribution < -0.4 is 0 Å². The molecule has 11 nitrogen and oxygen atoms in total. The van der Waals surface area contributed by atoms with Crippen molar-refractivity contribution in [3.05, 3.63) is 48.6 Å². The summed E-state index contributed by atoms with van der Waals surface area (Å²) in [7, 11) is -4.67. The van der Waals surface area contributed by atoms with Crippen LogP contribution in [-0.4, -0.2) is 71.5 Å². The Balaban J connectivity index is 4.56. The van der Waals surface area contributed by atoms with E-state index in [1.165, 1.54) is 63.9 Å². The highest BCUT2D eigenvalue weighted by molar-refractivity contribution is 7.47. The maximum Gasteiger partial charge on any atom is 0.472 e. The molecule has 12 heteroatoms. The lowest BCUT2D eigenvalue weighted by molar-refractivity contribution is -0.161. The zero-order valence-corrected chi connectivity index (χ0v) is 33.8. The Morgan fingerprint density at radius 2 is 1.32 bits per heavy atom. The van der Waals surface area contributed by atoms with Crippen molar-refractivity contribution in [2.24, 2.45) is 5.92 Å². The van der Waals surface area contributed by atoms with Gasteiger partial charge in [0, 0.05) is 19.3 Å². The number of aliphatic hydroxyl groups is 2. The van der Waals surface area contributed by atoms with Gasteiger partial charge in [-0.2, -0.15) is 0 Å². The van der Waals surface area contributed by atoms with Crippen LogP contribution in [0.25, 0.3) is 0 Å². The fourth-order valence-electron chi connectivity index (χ4n) is 4.98. The summed E-state index contributed by atoms with van der Waals surface area (Å²) in [6, 6.07) is 0. The molecule has 2 unspecified atom stereocenters. The van der Waals surface area contributed by atoms with Crippen molar-refractivity contribution in [2.45, 2.75) is 161 Å². The van der Waals surface area contributed by atoms with Crippen LogP contribution in [0.1, 0.15) is 149 Å². The fourth-order valence-corrected chi connectivity index (χ4v) is 5.77. The first-order valence-electron chi connectivity index (χ1n) is 19.9. The second-order valence-electron chi connectivity index (χ2n) is 13.6. The third kappa shape index (κ3) is 35.1. The first kappa shape index (κ1) is 50.6. The second-order valence-corrected chi connectivity index (χ2v) is 15.0. The predicted octanol–water partition coefficient (Wildman–Crippen LogP) is 9.20. The smallest absolute Gasteiger partial charge is 0.462 e. The first-order valence-corrected chi connectivity index (χ1v) is 21.4. The molecule has 0 aliphatic carbocycles. The summed E-state index contributed by atoms with van der Waals surface area (Å²) < 4.78 is 32.4. The Labute approximate surface area is 319 Å². The second kappa shape index (κ2) is 35.3. The van der Waals surface area contributed by atoms with E-state index in [0.29, 0.717) is 6.42 Å².